The van der Waals surface area contributed by atoms with Gasteiger partial charge in [0, 0.05) is 17.5 Å². The second-order valence-electron chi connectivity index (χ2n) is 4.82. The lowest BCUT2D eigenvalue weighted by atomic mass is 10.0. The fourth-order valence-electron chi connectivity index (χ4n) is 2.53. The van der Waals surface area contributed by atoms with Gasteiger partial charge in [0.25, 0.3) is 0 Å². The zero-order chi connectivity index (χ0) is 12.8. The summed E-state index contributed by atoms with van der Waals surface area (Å²) in [7, 11) is 0. The fourth-order valence-corrected chi connectivity index (χ4v) is 3.23. The van der Waals surface area contributed by atoms with E-state index in [1.807, 2.05) is 11.4 Å². The molecule has 1 aliphatic rings. The van der Waals surface area contributed by atoms with Crippen LogP contribution in [0.1, 0.15) is 31.1 Å². The SMILES string of the molecule is CCCN(C(=O)Cc1cccs1)C1CCNCC1.Cl. The lowest BCUT2D eigenvalue weighted by Gasteiger charge is -2.34. The average molecular weight is 303 g/mol. The summed E-state index contributed by atoms with van der Waals surface area (Å²) in [6, 6.07) is 4.51. The minimum Gasteiger partial charge on any atom is -0.339 e. The minimum absolute atomic E-state index is 0. The Hall–Kier alpha value is -0.580. The van der Waals surface area contributed by atoms with E-state index in [0.29, 0.717) is 18.4 Å². The molecule has 1 saturated heterocycles. The first kappa shape index (κ1) is 16.5. The van der Waals surface area contributed by atoms with Crippen molar-refractivity contribution in [1.29, 1.82) is 0 Å². The quantitative estimate of drug-likeness (QED) is 0.907. The Morgan fingerprint density at radius 3 is 2.79 bits per heavy atom. The molecule has 19 heavy (non-hydrogen) atoms. The van der Waals surface area contributed by atoms with Gasteiger partial charge in [-0.3, -0.25) is 4.79 Å². The zero-order valence-corrected chi connectivity index (χ0v) is 13.1. The van der Waals surface area contributed by atoms with Crippen LogP contribution in [-0.2, 0) is 11.2 Å². The van der Waals surface area contributed by atoms with Gasteiger partial charge in [0.1, 0.15) is 0 Å². The van der Waals surface area contributed by atoms with Crippen molar-refractivity contribution in [2.75, 3.05) is 19.6 Å². The first-order valence-corrected chi connectivity index (χ1v) is 7.71. The second-order valence-corrected chi connectivity index (χ2v) is 5.86. The first-order chi connectivity index (χ1) is 8.81. The van der Waals surface area contributed by atoms with Crippen LogP contribution in [0.4, 0.5) is 0 Å². The van der Waals surface area contributed by atoms with Crippen LogP contribution in [0.3, 0.4) is 0 Å². The lowest BCUT2D eigenvalue weighted by molar-refractivity contribution is -0.133. The van der Waals surface area contributed by atoms with Gasteiger partial charge in [-0.25, -0.2) is 0 Å². The Morgan fingerprint density at radius 1 is 1.47 bits per heavy atom. The molecule has 0 bridgehead atoms. The van der Waals surface area contributed by atoms with Gasteiger partial charge in [-0.2, -0.15) is 0 Å². The number of carbonyl (C=O) groups is 1. The molecule has 1 aromatic rings. The van der Waals surface area contributed by atoms with Crippen LogP contribution in [-0.4, -0.2) is 36.5 Å². The molecule has 1 aliphatic heterocycles. The van der Waals surface area contributed by atoms with E-state index in [2.05, 4.69) is 23.2 Å². The van der Waals surface area contributed by atoms with Crippen molar-refractivity contribution < 1.29 is 4.79 Å². The Morgan fingerprint density at radius 2 is 2.21 bits per heavy atom. The van der Waals surface area contributed by atoms with Gasteiger partial charge in [-0.1, -0.05) is 13.0 Å². The molecule has 1 aromatic heterocycles. The van der Waals surface area contributed by atoms with Crippen LogP contribution in [0.25, 0.3) is 0 Å². The number of thiophene rings is 1. The van der Waals surface area contributed by atoms with Crippen molar-refractivity contribution in [1.82, 2.24) is 10.2 Å². The molecular formula is C14H23ClN2OS. The molecule has 0 aliphatic carbocycles. The first-order valence-electron chi connectivity index (χ1n) is 6.84. The summed E-state index contributed by atoms with van der Waals surface area (Å²) in [5.41, 5.74) is 0. The van der Waals surface area contributed by atoms with Crippen molar-refractivity contribution in [2.24, 2.45) is 0 Å². The summed E-state index contributed by atoms with van der Waals surface area (Å²) in [6.07, 6.45) is 3.80. The number of piperidine rings is 1. The summed E-state index contributed by atoms with van der Waals surface area (Å²) >= 11 is 1.67. The largest absolute Gasteiger partial charge is 0.339 e. The summed E-state index contributed by atoms with van der Waals surface area (Å²) in [6.45, 7) is 5.12. The highest BCUT2D eigenvalue weighted by atomic mass is 35.5. The number of rotatable bonds is 5. The van der Waals surface area contributed by atoms with Gasteiger partial charge in [-0.05, 0) is 43.8 Å². The molecule has 108 valence electrons. The predicted molar refractivity (Wildman–Crippen MR) is 83.2 cm³/mol. The maximum Gasteiger partial charge on any atom is 0.228 e. The minimum atomic E-state index is 0. The lowest BCUT2D eigenvalue weighted by Crippen LogP contribution is -2.47. The highest BCUT2D eigenvalue weighted by Crippen LogP contribution is 2.16. The number of amides is 1. The Balaban J connectivity index is 0.00000180. The standard InChI is InChI=1S/C14H22N2OS.ClH/c1-2-9-16(12-5-7-15-8-6-12)14(17)11-13-4-3-10-18-13;/h3-4,10,12,15H,2,5-9,11H2,1H3;1H. The molecule has 0 radical (unpaired) electrons. The van der Waals surface area contributed by atoms with E-state index in [9.17, 15) is 4.79 Å². The third kappa shape index (κ3) is 4.79. The zero-order valence-electron chi connectivity index (χ0n) is 11.4. The molecule has 1 amide bonds. The van der Waals surface area contributed by atoms with Crippen molar-refractivity contribution in [3.63, 3.8) is 0 Å². The van der Waals surface area contributed by atoms with Crippen LogP contribution < -0.4 is 5.32 Å². The molecule has 0 spiro atoms. The number of nitrogens with one attached hydrogen (secondary N) is 1. The van der Waals surface area contributed by atoms with Crippen molar-refractivity contribution in [3.05, 3.63) is 22.4 Å². The predicted octanol–water partition coefficient (Wildman–Crippen LogP) is 2.70. The normalized spacial score (nSPS) is 15.8. The molecule has 3 nitrogen and oxygen atoms in total. The number of nitrogens with zero attached hydrogens (tertiary/aromatic N) is 1. The molecule has 2 rings (SSSR count). The van der Waals surface area contributed by atoms with Crippen molar-refractivity contribution in [3.8, 4) is 0 Å². The van der Waals surface area contributed by atoms with Gasteiger partial charge >= 0.3 is 0 Å². The van der Waals surface area contributed by atoms with E-state index in [4.69, 9.17) is 0 Å². The number of hydrogen-bond acceptors (Lipinski definition) is 3. The Labute approximate surface area is 125 Å². The number of halogens is 1. The molecule has 5 heteroatoms. The van der Waals surface area contributed by atoms with Gasteiger partial charge < -0.3 is 10.2 Å². The second kappa shape index (κ2) is 8.56. The van der Waals surface area contributed by atoms with Crippen LogP contribution in [0.15, 0.2) is 17.5 Å². The Bertz CT molecular complexity index is 364. The van der Waals surface area contributed by atoms with Crippen LogP contribution in [0, 0.1) is 0 Å². The molecule has 0 atom stereocenters. The van der Waals surface area contributed by atoms with Gasteiger partial charge in [0.15, 0.2) is 0 Å². The highest BCUT2D eigenvalue weighted by molar-refractivity contribution is 7.10. The van der Waals surface area contributed by atoms with E-state index >= 15 is 0 Å². The van der Waals surface area contributed by atoms with E-state index in [0.717, 1.165) is 38.9 Å². The molecule has 0 saturated carbocycles. The molecule has 0 unspecified atom stereocenters. The maximum absolute atomic E-state index is 12.4. The maximum atomic E-state index is 12.4. The summed E-state index contributed by atoms with van der Waals surface area (Å²) < 4.78 is 0. The monoisotopic (exact) mass is 302 g/mol. The van der Waals surface area contributed by atoms with Crippen LogP contribution in [0.5, 0.6) is 0 Å². The number of hydrogen-bond donors (Lipinski definition) is 1. The highest BCUT2D eigenvalue weighted by Gasteiger charge is 2.24. The van der Waals surface area contributed by atoms with Gasteiger partial charge in [0.2, 0.25) is 5.91 Å². The Kier molecular flexibility index (Phi) is 7.42. The van der Waals surface area contributed by atoms with Gasteiger partial charge in [0.05, 0.1) is 6.42 Å². The van der Waals surface area contributed by atoms with Gasteiger partial charge in [-0.15, -0.1) is 23.7 Å². The van der Waals surface area contributed by atoms with E-state index in [-0.39, 0.29) is 12.4 Å². The number of carbonyl (C=O) groups excluding carboxylic acids is 1. The van der Waals surface area contributed by atoms with Crippen molar-refractivity contribution in [2.45, 2.75) is 38.6 Å². The van der Waals surface area contributed by atoms with E-state index < -0.39 is 0 Å². The van der Waals surface area contributed by atoms with Crippen LogP contribution >= 0.6 is 23.7 Å². The van der Waals surface area contributed by atoms with Crippen LogP contribution in [0.2, 0.25) is 0 Å². The molecule has 1 fully saturated rings. The third-order valence-electron chi connectivity index (χ3n) is 3.44. The van der Waals surface area contributed by atoms with E-state index in [1.54, 1.807) is 11.3 Å². The topological polar surface area (TPSA) is 32.3 Å². The molecular weight excluding hydrogens is 280 g/mol. The third-order valence-corrected chi connectivity index (χ3v) is 4.32. The van der Waals surface area contributed by atoms with E-state index in [1.165, 1.54) is 4.88 Å². The summed E-state index contributed by atoms with van der Waals surface area (Å²) in [4.78, 5) is 15.7. The molecule has 2 heterocycles. The summed E-state index contributed by atoms with van der Waals surface area (Å²) in [5, 5.41) is 5.40. The smallest absolute Gasteiger partial charge is 0.228 e. The average Bonchev–Trinajstić information content (AvgIpc) is 2.89. The summed E-state index contributed by atoms with van der Waals surface area (Å²) in [5.74, 6) is 0.297. The molecule has 1 N–H and O–H groups in total. The molecule has 0 aromatic carbocycles. The van der Waals surface area contributed by atoms with Crippen molar-refractivity contribution >= 4 is 29.7 Å². The fraction of sp³-hybridized carbons (Fsp3) is 0.643.